The molecule has 0 bridgehead atoms. The number of nitrogens with two attached hydrogens (primary N) is 1. The highest BCUT2D eigenvalue weighted by Gasteiger charge is 2.19. The summed E-state index contributed by atoms with van der Waals surface area (Å²) in [5.74, 6) is 0. The number of carbonyl (C=O) groups is 1. The van der Waals surface area contributed by atoms with Crippen molar-refractivity contribution in [3.8, 4) is 0 Å². The zero-order chi connectivity index (χ0) is 13.7. The van der Waals surface area contributed by atoms with Crippen molar-refractivity contribution in [1.29, 1.82) is 0 Å². The van der Waals surface area contributed by atoms with Crippen LogP contribution in [0.5, 0.6) is 0 Å². The van der Waals surface area contributed by atoms with Gasteiger partial charge < -0.3 is 20.7 Å². The quantitative estimate of drug-likeness (QED) is 0.854. The summed E-state index contributed by atoms with van der Waals surface area (Å²) in [6.07, 6.45) is 0.888. The smallest absolute Gasteiger partial charge is 0.317 e. The summed E-state index contributed by atoms with van der Waals surface area (Å²) < 4.78 is 5.24. The first-order chi connectivity index (χ1) is 9.20. The van der Waals surface area contributed by atoms with Crippen LogP contribution >= 0.6 is 0 Å². The third-order valence-electron chi connectivity index (χ3n) is 3.35. The molecule has 1 atom stereocenters. The van der Waals surface area contributed by atoms with Crippen molar-refractivity contribution in [3.63, 3.8) is 0 Å². The number of hydrogen-bond acceptors (Lipinski definition) is 3. The van der Waals surface area contributed by atoms with E-state index in [9.17, 15) is 4.79 Å². The van der Waals surface area contributed by atoms with E-state index >= 15 is 0 Å². The predicted octanol–water partition coefficient (Wildman–Crippen LogP) is 1.08. The second-order valence-electron chi connectivity index (χ2n) is 4.84. The molecule has 1 unspecified atom stereocenters. The van der Waals surface area contributed by atoms with E-state index in [1.807, 2.05) is 24.3 Å². The fourth-order valence-corrected chi connectivity index (χ4v) is 2.17. The van der Waals surface area contributed by atoms with Gasteiger partial charge in [-0.25, -0.2) is 4.79 Å². The maximum Gasteiger partial charge on any atom is 0.317 e. The van der Waals surface area contributed by atoms with Crippen molar-refractivity contribution >= 4 is 6.03 Å². The zero-order valence-corrected chi connectivity index (χ0v) is 11.3. The van der Waals surface area contributed by atoms with Crippen LogP contribution in [0.4, 0.5) is 4.79 Å². The average molecular weight is 263 g/mol. The van der Waals surface area contributed by atoms with Gasteiger partial charge in [0, 0.05) is 26.7 Å². The lowest BCUT2D eigenvalue weighted by molar-refractivity contribution is 0.181. The van der Waals surface area contributed by atoms with Crippen molar-refractivity contribution in [1.82, 2.24) is 10.2 Å². The van der Waals surface area contributed by atoms with Crippen LogP contribution in [0.1, 0.15) is 17.5 Å². The van der Waals surface area contributed by atoms with Crippen LogP contribution in [0.2, 0.25) is 0 Å². The molecule has 1 aromatic rings. The van der Waals surface area contributed by atoms with Gasteiger partial charge in [-0.3, -0.25) is 0 Å². The Labute approximate surface area is 113 Å². The van der Waals surface area contributed by atoms with E-state index in [1.54, 1.807) is 11.9 Å². The van der Waals surface area contributed by atoms with Crippen molar-refractivity contribution in [2.24, 2.45) is 5.73 Å². The molecule has 0 saturated carbocycles. The molecule has 1 aromatic carbocycles. The normalized spacial score (nSPS) is 18.3. The Balaban J connectivity index is 1.92. The first kappa shape index (κ1) is 13.8. The molecule has 0 radical (unpaired) electrons. The molecule has 1 fully saturated rings. The minimum atomic E-state index is -0.0673. The zero-order valence-electron chi connectivity index (χ0n) is 11.3. The van der Waals surface area contributed by atoms with Crippen LogP contribution in [0, 0.1) is 0 Å². The van der Waals surface area contributed by atoms with Crippen LogP contribution in [-0.4, -0.2) is 37.2 Å². The van der Waals surface area contributed by atoms with Crippen molar-refractivity contribution in [3.05, 3.63) is 35.4 Å². The molecule has 5 heteroatoms. The van der Waals surface area contributed by atoms with Gasteiger partial charge in [0.1, 0.15) is 0 Å². The lowest BCUT2D eigenvalue weighted by atomic mass is 10.1. The Morgan fingerprint density at radius 1 is 1.47 bits per heavy atom. The summed E-state index contributed by atoms with van der Waals surface area (Å²) in [7, 11) is 1.79. The van der Waals surface area contributed by atoms with Gasteiger partial charge in [-0.15, -0.1) is 0 Å². The largest absolute Gasteiger partial charge is 0.379 e. The third kappa shape index (κ3) is 3.68. The van der Waals surface area contributed by atoms with E-state index in [0.29, 0.717) is 19.7 Å². The molecule has 1 saturated heterocycles. The molecule has 3 N–H and O–H groups in total. The Bertz CT molecular complexity index is 430. The van der Waals surface area contributed by atoms with Crippen LogP contribution in [0.3, 0.4) is 0 Å². The van der Waals surface area contributed by atoms with Gasteiger partial charge in [-0.1, -0.05) is 24.3 Å². The van der Waals surface area contributed by atoms with Crippen LogP contribution in [-0.2, 0) is 17.8 Å². The number of nitrogens with zero attached hydrogens (tertiary/aromatic N) is 1. The first-order valence-electron chi connectivity index (χ1n) is 6.57. The van der Waals surface area contributed by atoms with E-state index < -0.39 is 0 Å². The maximum absolute atomic E-state index is 12.0. The molecule has 0 spiro atoms. The summed E-state index contributed by atoms with van der Waals surface area (Å²) in [5.41, 5.74) is 7.86. The molecular formula is C14H21N3O2. The average Bonchev–Trinajstić information content (AvgIpc) is 2.92. The number of hydrogen-bond donors (Lipinski definition) is 2. The molecular weight excluding hydrogens is 242 g/mol. The summed E-state index contributed by atoms with van der Waals surface area (Å²) in [4.78, 5) is 13.7. The highest BCUT2D eigenvalue weighted by atomic mass is 16.5. The molecule has 104 valence electrons. The Hall–Kier alpha value is -1.59. The second kappa shape index (κ2) is 6.54. The molecule has 2 rings (SSSR count). The number of nitrogens with one attached hydrogen (secondary N) is 1. The number of urea groups is 1. The van der Waals surface area contributed by atoms with E-state index in [4.69, 9.17) is 10.5 Å². The van der Waals surface area contributed by atoms with Crippen LogP contribution in [0.15, 0.2) is 24.3 Å². The Kier molecular flexibility index (Phi) is 4.76. The fraction of sp³-hybridized carbons (Fsp3) is 0.500. The lowest BCUT2D eigenvalue weighted by Crippen LogP contribution is -2.43. The first-order valence-corrected chi connectivity index (χ1v) is 6.57. The van der Waals surface area contributed by atoms with Gasteiger partial charge in [-0.05, 0) is 17.5 Å². The minimum Gasteiger partial charge on any atom is -0.379 e. The van der Waals surface area contributed by atoms with E-state index in [-0.39, 0.29) is 12.1 Å². The number of ether oxygens (including phenoxy) is 1. The fourth-order valence-electron chi connectivity index (χ4n) is 2.17. The molecule has 2 amide bonds. The minimum absolute atomic E-state index is 0.0673. The number of amides is 2. The highest BCUT2D eigenvalue weighted by molar-refractivity contribution is 5.74. The predicted molar refractivity (Wildman–Crippen MR) is 73.6 cm³/mol. The van der Waals surface area contributed by atoms with Gasteiger partial charge in [0.2, 0.25) is 0 Å². The van der Waals surface area contributed by atoms with Crippen molar-refractivity contribution in [2.45, 2.75) is 25.6 Å². The van der Waals surface area contributed by atoms with Gasteiger partial charge >= 0.3 is 6.03 Å². The summed E-state index contributed by atoms with van der Waals surface area (Å²) in [5, 5.41) is 2.97. The monoisotopic (exact) mass is 263 g/mol. The van der Waals surface area contributed by atoms with Gasteiger partial charge in [-0.2, -0.15) is 0 Å². The lowest BCUT2D eigenvalue weighted by Gasteiger charge is -2.21. The van der Waals surface area contributed by atoms with Gasteiger partial charge in [0.25, 0.3) is 0 Å². The number of benzene rings is 1. The second-order valence-corrected chi connectivity index (χ2v) is 4.84. The van der Waals surface area contributed by atoms with Gasteiger partial charge in [0.05, 0.1) is 12.6 Å². The molecule has 1 aliphatic rings. The maximum atomic E-state index is 12.0. The van der Waals surface area contributed by atoms with Gasteiger partial charge in [0.15, 0.2) is 0 Å². The Morgan fingerprint density at radius 3 is 2.84 bits per heavy atom. The summed E-state index contributed by atoms with van der Waals surface area (Å²) >= 11 is 0. The number of carbonyl (C=O) groups excluding carboxylic acids is 1. The summed E-state index contributed by atoms with van der Waals surface area (Å²) in [6.45, 7) is 2.39. The molecule has 5 nitrogen and oxygen atoms in total. The number of rotatable bonds is 4. The molecule has 1 heterocycles. The standard InChI is InChI=1S/C14H21N3O2/c1-17(14(18)16-13-6-7-19-10-13)9-12-5-3-2-4-11(12)8-15/h2-5,13H,6-10,15H2,1H3,(H,16,18). The SMILES string of the molecule is CN(Cc1ccccc1CN)C(=O)NC1CCOC1. The van der Waals surface area contributed by atoms with Crippen LogP contribution < -0.4 is 11.1 Å². The molecule has 0 aromatic heterocycles. The van der Waals surface area contributed by atoms with E-state index in [2.05, 4.69) is 5.32 Å². The van der Waals surface area contributed by atoms with Crippen molar-refractivity contribution < 1.29 is 9.53 Å². The van der Waals surface area contributed by atoms with E-state index in [0.717, 1.165) is 24.2 Å². The molecule has 1 aliphatic heterocycles. The highest BCUT2D eigenvalue weighted by Crippen LogP contribution is 2.11. The molecule has 0 aliphatic carbocycles. The van der Waals surface area contributed by atoms with Crippen molar-refractivity contribution in [2.75, 3.05) is 20.3 Å². The summed E-state index contributed by atoms with van der Waals surface area (Å²) in [6, 6.07) is 7.99. The topological polar surface area (TPSA) is 67.6 Å². The van der Waals surface area contributed by atoms with E-state index in [1.165, 1.54) is 0 Å². The third-order valence-corrected chi connectivity index (χ3v) is 3.35. The van der Waals surface area contributed by atoms with Crippen LogP contribution in [0.25, 0.3) is 0 Å². The Morgan fingerprint density at radius 2 is 2.21 bits per heavy atom. The molecule has 19 heavy (non-hydrogen) atoms.